The molecule has 10 rings (SSSR count). The summed E-state index contributed by atoms with van der Waals surface area (Å²) in [6.07, 6.45) is 0. The second-order valence-corrected chi connectivity index (χ2v) is 13.6. The maximum absolute atomic E-state index is 6.55. The van der Waals surface area contributed by atoms with Gasteiger partial charge in [0.2, 0.25) is 0 Å². The van der Waals surface area contributed by atoms with Gasteiger partial charge in [-0.2, -0.15) is 0 Å². The van der Waals surface area contributed by atoms with Crippen LogP contribution in [0.5, 0.6) is 0 Å². The molecule has 0 unspecified atom stereocenters. The lowest BCUT2D eigenvalue weighted by Gasteiger charge is -2.26. The van der Waals surface area contributed by atoms with Gasteiger partial charge < -0.3 is 9.32 Å². The van der Waals surface area contributed by atoms with Gasteiger partial charge in [0, 0.05) is 42.3 Å². The number of furan rings is 1. The third kappa shape index (κ3) is 4.62. The van der Waals surface area contributed by atoms with E-state index in [0.717, 1.165) is 39.0 Å². The van der Waals surface area contributed by atoms with Crippen molar-refractivity contribution in [3.63, 3.8) is 0 Å². The molecule has 2 heterocycles. The van der Waals surface area contributed by atoms with Crippen molar-refractivity contribution in [2.24, 2.45) is 0 Å². The highest BCUT2D eigenvalue weighted by Gasteiger charge is 2.20. The largest absolute Gasteiger partial charge is 0.454 e. The fraction of sp³-hybridized carbons (Fsp3) is 0. The SMILES string of the molecule is c1ccc(-c2ccc(N(c3ccc(-c4ccc5sc6ccc7ccccc7c6c5c4)cc3)c3cccc4c3oc3ccccc34)cc2)cc1. The van der Waals surface area contributed by atoms with Crippen molar-refractivity contribution in [2.75, 3.05) is 4.90 Å². The fourth-order valence-electron chi connectivity index (χ4n) is 7.30. The number of nitrogens with zero attached hydrogens (tertiary/aromatic N) is 1. The third-order valence-electron chi connectivity index (χ3n) is 9.68. The minimum atomic E-state index is 0.877. The van der Waals surface area contributed by atoms with Crippen molar-refractivity contribution in [3.05, 3.63) is 176 Å². The van der Waals surface area contributed by atoms with Crippen LogP contribution in [0.2, 0.25) is 0 Å². The van der Waals surface area contributed by atoms with Gasteiger partial charge in [-0.1, -0.05) is 121 Å². The van der Waals surface area contributed by atoms with Gasteiger partial charge in [-0.15, -0.1) is 11.3 Å². The molecule has 2 aromatic heterocycles. The van der Waals surface area contributed by atoms with Crippen LogP contribution in [0.3, 0.4) is 0 Å². The van der Waals surface area contributed by atoms with E-state index in [0.29, 0.717) is 0 Å². The molecule has 0 atom stereocenters. The number of anilines is 3. The number of thiophene rings is 1. The van der Waals surface area contributed by atoms with E-state index < -0.39 is 0 Å². The van der Waals surface area contributed by atoms with Crippen molar-refractivity contribution in [2.45, 2.75) is 0 Å². The van der Waals surface area contributed by atoms with E-state index in [1.165, 1.54) is 53.2 Å². The summed E-state index contributed by atoms with van der Waals surface area (Å²) in [4.78, 5) is 2.31. The zero-order chi connectivity index (χ0) is 32.3. The van der Waals surface area contributed by atoms with Crippen molar-refractivity contribution in [1.82, 2.24) is 0 Å². The van der Waals surface area contributed by atoms with Crippen LogP contribution in [-0.2, 0) is 0 Å². The highest BCUT2D eigenvalue weighted by molar-refractivity contribution is 7.26. The highest BCUT2D eigenvalue weighted by atomic mass is 32.1. The van der Waals surface area contributed by atoms with E-state index in [2.05, 4.69) is 169 Å². The lowest BCUT2D eigenvalue weighted by atomic mass is 9.99. The Hall–Kier alpha value is -6.16. The predicted octanol–water partition coefficient (Wildman–Crippen LogP) is 13.9. The molecule has 0 saturated carbocycles. The Labute approximate surface area is 287 Å². The quantitative estimate of drug-likeness (QED) is 0.186. The highest BCUT2D eigenvalue weighted by Crippen LogP contribution is 2.44. The number of hydrogen-bond acceptors (Lipinski definition) is 3. The van der Waals surface area contributed by atoms with Gasteiger partial charge in [-0.25, -0.2) is 0 Å². The third-order valence-corrected chi connectivity index (χ3v) is 10.8. The summed E-state index contributed by atoms with van der Waals surface area (Å²) in [5.74, 6) is 0. The molecule has 0 saturated heterocycles. The molecule has 2 nitrogen and oxygen atoms in total. The molecule has 8 aromatic carbocycles. The predicted molar refractivity (Wildman–Crippen MR) is 210 cm³/mol. The molecule has 0 spiro atoms. The Morgan fingerprint density at radius 3 is 1.82 bits per heavy atom. The zero-order valence-corrected chi connectivity index (χ0v) is 27.3. The zero-order valence-electron chi connectivity index (χ0n) is 26.5. The van der Waals surface area contributed by atoms with E-state index >= 15 is 0 Å². The Morgan fingerprint density at radius 2 is 1.02 bits per heavy atom. The molecule has 0 fully saturated rings. The van der Waals surface area contributed by atoms with Crippen LogP contribution in [0.15, 0.2) is 180 Å². The van der Waals surface area contributed by atoms with E-state index in [9.17, 15) is 0 Å². The van der Waals surface area contributed by atoms with Crippen LogP contribution in [-0.4, -0.2) is 0 Å². The molecule has 0 aliphatic heterocycles. The van der Waals surface area contributed by atoms with Gasteiger partial charge in [-0.05, 0) is 87.6 Å². The molecule has 0 amide bonds. The average Bonchev–Trinajstić information content (AvgIpc) is 3.75. The normalized spacial score (nSPS) is 11.7. The van der Waals surface area contributed by atoms with Crippen LogP contribution < -0.4 is 4.90 Å². The number of rotatable bonds is 5. The van der Waals surface area contributed by atoms with Gasteiger partial charge in [0.15, 0.2) is 5.58 Å². The van der Waals surface area contributed by atoms with Crippen LogP contribution in [0, 0.1) is 0 Å². The smallest absolute Gasteiger partial charge is 0.159 e. The summed E-state index contributed by atoms with van der Waals surface area (Å²) in [6, 6.07) is 63.1. The molecule has 0 radical (unpaired) electrons. The first-order valence-corrected chi connectivity index (χ1v) is 17.4. The summed E-state index contributed by atoms with van der Waals surface area (Å²) >= 11 is 1.87. The first-order chi connectivity index (χ1) is 24.3. The van der Waals surface area contributed by atoms with Crippen LogP contribution in [0.25, 0.3) is 75.1 Å². The number of fused-ring (bicyclic) bond motifs is 8. The summed E-state index contributed by atoms with van der Waals surface area (Å²) < 4.78 is 9.20. The molecular formula is C46H29NOS. The minimum absolute atomic E-state index is 0.877. The lowest BCUT2D eigenvalue weighted by Crippen LogP contribution is -2.10. The molecular weight excluding hydrogens is 615 g/mol. The number of benzene rings is 8. The van der Waals surface area contributed by atoms with Gasteiger partial charge in [-0.3, -0.25) is 0 Å². The lowest BCUT2D eigenvalue weighted by molar-refractivity contribution is 0.669. The molecule has 0 aliphatic carbocycles. The summed E-state index contributed by atoms with van der Waals surface area (Å²) in [5.41, 5.74) is 9.70. The van der Waals surface area contributed by atoms with E-state index in [-0.39, 0.29) is 0 Å². The summed E-state index contributed by atoms with van der Waals surface area (Å²) in [5, 5.41) is 7.49. The van der Waals surface area contributed by atoms with Crippen molar-refractivity contribution in [3.8, 4) is 22.3 Å². The maximum Gasteiger partial charge on any atom is 0.159 e. The van der Waals surface area contributed by atoms with Crippen molar-refractivity contribution >= 4 is 81.3 Å². The van der Waals surface area contributed by atoms with E-state index in [4.69, 9.17) is 4.42 Å². The molecule has 230 valence electrons. The molecule has 0 N–H and O–H groups in total. The van der Waals surface area contributed by atoms with Crippen LogP contribution in [0.1, 0.15) is 0 Å². The van der Waals surface area contributed by atoms with Gasteiger partial charge in [0.1, 0.15) is 5.58 Å². The Morgan fingerprint density at radius 1 is 0.408 bits per heavy atom. The van der Waals surface area contributed by atoms with E-state index in [1.807, 2.05) is 23.5 Å². The number of hydrogen-bond donors (Lipinski definition) is 0. The molecule has 0 bridgehead atoms. The first kappa shape index (κ1) is 27.9. The fourth-order valence-corrected chi connectivity index (χ4v) is 8.40. The molecule has 0 aliphatic rings. The van der Waals surface area contributed by atoms with Gasteiger partial charge >= 0.3 is 0 Å². The Bertz CT molecular complexity index is 2810. The average molecular weight is 644 g/mol. The molecule has 10 aromatic rings. The molecule has 49 heavy (non-hydrogen) atoms. The monoisotopic (exact) mass is 643 g/mol. The van der Waals surface area contributed by atoms with E-state index in [1.54, 1.807) is 0 Å². The minimum Gasteiger partial charge on any atom is -0.454 e. The maximum atomic E-state index is 6.55. The Balaban J connectivity index is 1.10. The first-order valence-electron chi connectivity index (χ1n) is 16.6. The molecule has 3 heteroatoms. The Kier molecular flexibility index (Phi) is 6.39. The summed E-state index contributed by atoms with van der Waals surface area (Å²) in [6.45, 7) is 0. The second-order valence-electron chi connectivity index (χ2n) is 12.5. The van der Waals surface area contributed by atoms with Crippen LogP contribution >= 0.6 is 11.3 Å². The van der Waals surface area contributed by atoms with Crippen molar-refractivity contribution < 1.29 is 4.42 Å². The topological polar surface area (TPSA) is 16.4 Å². The van der Waals surface area contributed by atoms with Gasteiger partial charge in [0.25, 0.3) is 0 Å². The van der Waals surface area contributed by atoms with Crippen molar-refractivity contribution in [1.29, 1.82) is 0 Å². The summed E-state index contributed by atoms with van der Waals surface area (Å²) in [7, 11) is 0. The second kappa shape index (κ2) is 11.2. The number of para-hydroxylation sites is 2. The van der Waals surface area contributed by atoms with Gasteiger partial charge in [0.05, 0.1) is 5.69 Å². The standard InChI is InChI=1S/C46H29NOS/c1-2-9-30(10-3-1)31-17-23-35(24-18-31)47(41-15-8-14-39-38-13-6-7-16-42(38)48-46(39)41)36-25-19-32(20-26-36)34-22-27-43-40(29-34)45-37-12-5-4-11-33(37)21-28-44(45)49-43/h1-29H. The van der Waals surface area contributed by atoms with Crippen LogP contribution in [0.4, 0.5) is 17.1 Å².